The van der Waals surface area contributed by atoms with Crippen LogP contribution in [-0.4, -0.2) is 43.8 Å². The van der Waals surface area contributed by atoms with Gasteiger partial charge in [0.15, 0.2) is 0 Å². The Morgan fingerprint density at radius 3 is 1.91 bits per heavy atom. The number of anilines is 1. The van der Waals surface area contributed by atoms with Crippen LogP contribution < -0.4 is 14.4 Å². The number of carbonyl (C=O) groups excluding carboxylic acids is 2. The van der Waals surface area contributed by atoms with E-state index in [9.17, 15) is 18.0 Å². The van der Waals surface area contributed by atoms with Gasteiger partial charge >= 0.3 is 0 Å². The highest BCUT2D eigenvalue weighted by Gasteiger charge is 2.36. The summed E-state index contributed by atoms with van der Waals surface area (Å²) in [7, 11) is -4.28. The van der Waals surface area contributed by atoms with E-state index in [1.165, 1.54) is 17.0 Å². The predicted molar refractivity (Wildman–Crippen MR) is 210 cm³/mol. The molecule has 0 bridgehead atoms. The number of sulfonamides is 1. The van der Waals surface area contributed by atoms with Crippen LogP contribution in [0.4, 0.5) is 5.69 Å². The number of hydrogen-bond donors (Lipinski definition) is 1. The summed E-state index contributed by atoms with van der Waals surface area (Å²) in [5, 5.41) is 3.86. The molecule has 5 aromatic carbocycles. The first-order valence-corrected chi connectivity index (χ1v) is 19.9. The Bertz CT molecular complexity index is 2060. The lowest BCUT2D eigenvalue weighted by Crippen LogP contribution is -2.55. The van der Waals surface area contributed by atoms with Crippen LogP contribution in [0.1, 0.15) is 43.2 Å². The SMILES string of the molecule is O=C(NC1CCCCC1)[C@@H](Cc1ccccc1)N(Cc1c(Cl)cccc1Cl)C(=O)CN(c1ccc(Oc2ccccc2)cc1)S(=O)(=O)c1ccccc1. The summed E-state index contributed by atoms with van der Waals surface area (Å²) in [6, 6.07) is 37.1. The molecule has 0 heterocycles. The van der Waals surface area contributed by atoms with Crippen LogP contribution in [0, 0.1) is 0 Å². The Balaban J connectivity index is 1.40. The molecule has 53 heavy (non-hydrogen) atoms. The molecule has 1 saturated carbocycles. The van der Waals surface area contributed by atoms with Gasteiger partial charge < -0.3 is 15.0 Å². The molecule has 0 saturated heterocycles. The second kappa shape index (κ2) is 17.8. The molecule has 1 aliphatic carbocycles. The molecule has 1 atom stereocenters. The number of benzene rings is 5. The highest BCUT2D eigenvalue weighted by molar-refractivity contribution is 7.92. The van der Waals surface area contributed by atoms with Crippen molar-refractivity contribution in [1.29, 1.82) is 0 Å². The zero-order valence-corrected chi connectivity index (χ0v) is 31.4. The maximum atomic E-state index is 14.9. The zero-order valence-electron chi connectivity index (χ0n) is 29.1. The van der Waals surface area contributed by atoms with E-state index in [0.717, 1.165) is 42.0 Å². The van der Waals surface area contributed by atoms with Crippen molar-refractivity contribution in [2.24, 2.45) is 0 Å². The number of carbonyl (C=O) groups is 2. The van der Waals surface area contributed by atoms with Crippen LogP contribution in [0.25, 0.3) is 0 Å². The summed E-state index contributed by atoms with van der Waals surface area (Å²) in [5.41, 5.74) is 1.53. The number of hydrogen-bond acceptors (Lipinski definition) is 5. The third-order valence-electron chi connectivity index (χ3n) is 9.33. The fourth-order valence-electron chi connectivity index (χ4n) is 6.51. The lowest BCUT2D eigenvalue weighted by Gasteiger charge is -2.35. The Kier molecular flexibility index (Phi) is 12.7. The summed E-state index contributed by atoms with van der Waals surface area (Å²) in [6.45, 7) is -0.740. The minimum absolute atomic E-state index is 0.00832. The van der Waals surface area contributed by atoms with Crippen molar-refractivity contribution in [3.8, 4) is 11.5 Å². The van der Waals surface area contributed by atoms with Crippen LogP contribution in [0.5, 0.6) is 11.5 Å². The minimum atomic E-state index is -4.28. The van der Waals surface area contributed by atoms with E-state index in [0.29, 0.717) is 27.1 Å². The molecule has 274 valence electrons. The van der Waals surface area contributed by atoms with Crippen molar-refractivity contribution < 1.29 is 22.7 Å². The molecule has 1 N–H and O–H groups in total. The van der Waals surface area contributed by atoms with Gasteiger partial charge in [0.1, 0.15) is 24.1 Å². The van der Waals surface area contributed by atoms with Gasteiger partial charge in [-0.05, 0) is 79.1 Å². The standard InChI is InChI=1S/C42H41Cl2N3O5S/c43-38-22-13-23-39(44)37(38)29-46(40(28-31-14-5-1-6-15-31)42(49)45-32-16-7-2-8-17-32)41(48)30-47(53(50,51)36-20-11-4-12-21-36)33-24-26-35(27-25-33)52-34-18-9-3-10-19-34/h1,3-6,9-15,18-27,32,40H,2,7-8,16-17,28-30H2,(H,45,49)/t40-/m1/s1. The molecule has 2 amide bonds. The van der Waals surface area contributed by atoms with Crippen LogP contribution in [0.15, 0.2) is 138 Å². The molecule has 0 spiro atoms. The van der Waals surface area contributed by atoms with Gasteiger partial charge in [0.2, 0.25) is 11.8 Å². The van der Waals surface area contributed by atoms with Gasteiger partial charge in [0, 0.05) is 34.6 Å². The third-order valence-corrected chi connectivity index (χ3v) is 11.8. The highest BCUT2D eigenvalue weighted by atomic mass is 35.5. The second-order valence-electron chi connectivity index (χ2n) is 13.0. The van der Waals surface area contributed by atoms with E-state index in [4.69, 9.17) is 27.9 Å². The van der Waals surface area contributed by atoms with Gasteiger partial charge in [0.25, 0.3) is 10.0 Å². The van der Waals surface area contributed by atoms with Gasteiger partial charge in [-0.2, -0.15) is 0 Å². The average molecular weight is 771 g/mol. The van der Waals surface area contributed by atoms with Gasteiger partial charge in [-0.15, -0.1) is 0 Å². The maximum absolute atomic E-state index is 14.9. The highest BCUT2D eigenvalue weighted by Crippen LogP contribution is 2.31. The predicted octanol–water partition coefficient (Wildman–Crippen LogP) is 9.07. The Hall–Kier alpha value is -4.83. The van der Waals surface area contributed by atoms with E-state index in [-0.39, 0.29) is 35.5 Å². The van der Waals surface area contributed by atoms with Crippen LogP contribution in [0.2, 0.25) is 10.0 Å². The van der Waals surface area contributed by atoms with Crippen molar-refractivity contribution in [3.63, 3.8) is 0 Å². The quantitative estimate of drug-likeness (QED) is 0.122. The van der Waals surface area contributed by atoms with Gasteiger partial charge in [-0.3, -0.25) is 13.9 Å². The maximum Gasteiger partial charge on any atom is 0.264 e. The Morgan fingerprint density at radius 2 is 1.28 bits per heavy atom. The summed E-state index contributed by atoms with van der Waals surface area (Å²) in [5.74, 6) is 0.177. The first-order chi connectivity index (χ1) is 25.7. The molecular weight excluding hydrogens is 729 g/mol. The van der Waals surface area contributed by atoms with E-state index < -0.39 is 28.5 Å². The van der Waals surface area contributed by atoms with Crippen molar-refractivity contribution in [2.45, 2.75) is 62.0 Å². The van der Waals surface area contributed by atoms with Crippen LogP contribution in [0.3, 0.4) is 0 Å². The van der Waals surface area contributed by atoms with Crippen LogP contribution >= 0.6 is 23.2 Å². The second-order valence-corrected chi connectivity index (χ2v) is 15.7. The average Bonchev–Trinajstić information content (AvgIpc) is 3.18. The smallest absolute Gasteiger partial charge is 0.264 e. The Morgan fingerprint density at radius 1 is 0.717 bits per heavy atom. The fourth-order valence-corrected chi connectivity index (χ4v) is 8.46. The van der Waals surface area contributed by atoms with E-state index in [2.05, 4.69) is 5.32 Å². The van der Waals surface area contributed by atoms with E-state index in [1.807, 2.05) is 60.7 Å². The number of rotatable bonds is 14. The molecule has 0 radical (unpaired) electrons. The largest absolute Gasteiger partial charge is 0.457 e. The first kappa shape index (κ1) is 37.9. The van der Waals surface area contributed by atoms with Crippen molar-refractivity contribution in [1.82, 2.24) is 10.2 Å². The minimum Gasteiger partial charge on any atom is -0.457 e. The number of halogens is 2. The Labute approximate surface area is 321 Å². The monoisotopic (exact) mass is 769 g/mol. The molecule has 8 nitrogen and oxygen atoms in total. The molecule has 0 aliphatic heterocycles. The molecule has 11 heteroatoms. The van der Waals surface area contributed by atoms with Gasteiger partial charge in [-0.1, -0.05) is 115 Å². The van der Waals surface area contributed by atoms with Crippen LogP contribution in [-0.2, 0) is 32.6 Å². The number of ether oxygens (including phenoxy) is 1. The topological polar surface area (TPSA) is 96.0 Å². The molecule has 0 unspecified atom stereocenters. The summed E-state index contributed by atoms with van der Waals surface area (Å²) >= 11 is 13.3. The van der Waals surface area contributed by atoms with Crippen molar-refractivity contribution in [3.05, 3.63) is 155 Å². The molecule has 1 fully saturated rings. The van der Waals surface area contributed by atoms with Crippen molar-refractivity contribution in [2.75, 3.05) is 10.8 Å². The van der Waals surface area contributed by atoms with Gasteiger partial charge in [-0.25, -0.2) is 8.42 Å². The lowest BCUT2D eigenvalue weighted by atomic mass is 9.94. The van der Waals surface area contributed by atoms with E-state index >= 15 is 0 Å². The molecule has 0 aromatic heterocycles. The zero-order chi connectivity index (χ0) is 37.2. The lowest BCUT2D eigenvalue weighted by molar-refractivity contribution is -0.140. The summed E-state index contributed by atoms with van der Waals surface area (Å²) in [6.07, 6.45) is 5.01. The fraction of sp³-hybridized carbons (Fsp3) is 0.238. The number of nitrogens with zero attached hydrogens (tertiary/aromatic N) is 2. The molecule has 1 aliphatic rings. The molecule has 5 aromatic rings. The number of amides is 2. The van der Waals surface area contributed by atoms with Crippen molar-refractivity contribution >= 4 is 50.7 Å². The molecule has 6 rings (SSSR count). The normalized spacial score (nSPS) is 13.8. The van der Waals surface area contributed by atoms with E-state index in [1.54, 1.807) is 60.7 Å². The molecular formula is C42H41Cl2N3O5S. The third kappa shape index (κ3) is 9.79. The number of nitrogens with one attached hydrogen (secondary N) is 1. The van der Waals surface area contributed by atoms with Gasteiger partial charge in [0.05, 0.1) is 10.6 Å². The number of para-hydroxylation sites is 1. The summed E-state index contributed by atoms with van der Waals surface area (Å²) in [4.78, 5) is 30.7. The summed E-state index contributed by atoms with van der Waals surface area (Å²) < 4.78 is 35.8. The first-order valence-electron chi connectivity index (χ1n) is 17.7.